The lowest BCUT2D eigenvalue weighted by molar-refractivity contribution is 0.376. The van der Waals surface area contributed by atoms with Gasteiger partial charge in [-0.1, -0.05) is 0 Å². The van der Waals surface area contributed by atoms with Crippen molar-refractivity contribution in [3.05, 3.63) is 53.5 Å². The van der Waals surface area contributed by atoms with Crippen molar-refractivity contribution in [2.24, 2.45) is 17.8 Å². The summed E-state index contributed by atoms with van der Waals surface area (Å²) in [5, 5.41) is 10.1. The molecule has 1 aromatic heterocycles. The second-order valence-electron chi connectivity index (χ2n) is 6.10. The van der Waals surface area contributed by atoms with E-state index in [1.807, 2.05) is 0 Å². The summed E-state index contributed by atoms with van der Waals surface area (Å²) in [6.07, 6.45) is 4.87. The highest BCUT2D eigenvalue weighted by Crippen LogP contribution is 2.30. The van der Waals surface area contributed by atoms with E-state index >= 15 is 0 Å². The molecule has 138 valence electrons. The molecule has 0 radical (unpaired) electrons. The van der Waals surface area contributed by atoms with Crippen LogP contribution in [-0.2, 0) is 13.5 Å². The standard InChI is InChI=1S/C17H20F2N6O/c1-10-7-21-16(23-11-8-22-25(2)9-11)24-17(10,20)6-12-13(18)4-5-14(26-3)15(12)19/h4-5,7-9H,6,20H2,1-3H3,(H2,21,23,24). The predicted octanol–water partition coefficient (Wildman–Crippen LogP) is 1.88. The van der Waals surface area contributed by atoms with Gasteiger partial charge in [-0.3, -0.25) is 4.68 Å². The summed E-state index contributed by atoms with van der Waals surface area (Å²) in [5.74, 6) is -1.16. The first-order valence-electron chi connectivity index (χ1n) is 7.91. The molecular formula is C17H20F2N6O. The minimum absolute atomic E-state index is 0.0433. The molecule has 4 N–H and O–H groups in total. The van der Waals surface area contributed by atoms with E-state index in [0.29, 0.717) is 17.2 Å². The minimum Gasteiger partial charge on any atom is -0.494 e. The number of benzene rings is 1. The number of aryl methyl sites for hydroxylation is 1. The van der Waals surface area contributed by atoms with E-state index in [2.05, 4.69) is 20.7 Å². The SMILES string of the molecule is COc1ccc(F)c(CC2(N)N=C(Nc3cnn(C)c3)NC=C2C)c1F. The summed E-state index contributed by atoms with van der Waals surface area (Å²) in [7, 11) is 3.11. The van der Waals surface area contributed by atoms with Crippen LogP contribution >= 0.6 is 0 Å². The summed E-state index contributed by atoms with van der Waals surface area (Å²) in [6, 6.07) is 2.39. The van der Waals surface area contributed by atoms with Gasteiger partial charge in [0.15, 0.2) is 11.6 Å². The van der Waals surface area contributed by atoms with Gasteiger partial charge in [-0.25, -0.2) is 13.8 Å². The Morgan fingerprint density at radius 3 is 2.81 bits per heavy atom. The fourth-order valence-corrected chi connectivity index (χ4v) is 2.65. The van der Waals surface area contributed by atoms with Crippen molar-refractivity contribution in [3.8, 4) is 5.75 Å². The van der Waals surface area contributed by atoms with Crippen LogP contribution < -0.4 is 21.1 Å². The highest BCUT2D eigenvalue weighted by Gasteiger charge is 2.33. The highest BCUT2D eigenvalue weighted by molar-refractivity contribution is 5.95. The van der Waals surface area contributed by atoms with Gasteiger partial charge in [-0.05, 0) is 24.6 Å². The number of aromatic nitrogens is 2. The molecule has 0 saturated carbocycles. The van der Waals surface area contributed by atoms with Gasteiger partial charge in [0.05, 0.1) is 19.0 Å². The van der Waals surface area contributed by atoms with Crippen LogP contribution in [0.4, 0.5) is 14.5 Å². The van der Waals surface area contributed by atoms with E-state index in [1.165, 1.54) is 13.2 Å². The van der Waals surface area contributed by atoms with E-state index in [1.54, 1.807) is 37.2 Å². The number of guanidine groups is 1. The van der Waals surface area contributed by atoms with Gasteiger partial charge in [0.25, 0.3) is 0 Å². The second kappa shape index (κ2) is 6.75. The number of hydrogen-bond acceptors (Lipinski definition) is 6. The van der Waals surface area contributed by atoms with Gasteiger partial charge in [-0.15, -0.1) is 0 Å². The van der Waals surface area contributed by atoms with Gasteiger partial charge in [-0.2, -0.15) is 5.10 Å². The summed E-state index contributed by atoms with van der Waals surface area (Å²) in [6.45, 7) is 1.74. The molecule has 1 aliphatic heterocycles. The lowest BCUT2D eigenvalue weighted by atomic mass is 9.93. The quantitative estimate of drug-likeness (QED) is 0.773. The van der Waals surface area contributed by atoms with Gasteiger partial charge < -0.3 is 21.1 Å². The van der Waals surface area contributed by atoms with Crippen LogP contribution in [0.1, 0.15) is 12.5 Å². The molecule has 26 heavy (non-hydrogen) atoms. The van der Waals surface area contributed by atoms with Crippen molar-refractivity contribution in [3.63, 3.8) is 0 Å². The Bertz CT molecular complexity index is 891. The number of anilines is 1. The van der Waals surface area contributed by atoms with Crippen LogP contribution in [0.2, 0.25) is 0 Å². The van der Waals surface area contributed by atoms with E-state index in [9.17, 15) is 8.78 Å². The van der Waals surface area contributed by atoms with Crippen molar-refractivity contribution < 1.29 is 13.5 Å². The zero-order valence-electron chi connectivity index (χ0n) is 14.7. The maximum atomic E-state index is 14.5. The number of methoxy groups -OCH3 is 1. The highest BCUT2D eigenvalue weighted by atomic mass is 19.1. The molecule has 0 bridgehead atoms. The summed E-state index contributed by atoms with van der Waals surface area (Å²) in [5.41, 5.74) is 6.23. The Hall–Kier alpha value is -2.94. The number of nitrogens with zero attached hydrogens (tertiary/aromatic N) is 3. The molecule has 0 saturated heterocycles. The maximum Gasteiger partial charge on any atom is 0.202 e. The van der Waals surface area contributed by atoms with Crippen molar-refractivity contribution >= 4 is 11.6 Å². The minimum atomic E-state index is -1.32. The largest absolute Gasteiger partial charge is 0.494 e. The molecule has 0 aliphatic carbocycles. The van der Waals surface area contributed by atoms with Crippen molar-refractivity contribution in [2.45, 2.75) is 19.0 Å². The number of ether oxygens (including phenoxy) is 1. The molecule has 2 aromatic rings. The third kappa shape index (κ3) is 3.38. The van der Waals surface area contributed by atoms with Gasteiger partial charge in [0.1, 0.15) is 11.5 Å². The lowest BCUT2D eigenvalue weighted by Gasteiger charge is -2.31. The van der Waals surface area contributed by atoms with Crippen LogP contribution in [0.3, 0.4) is 0 Å². The average Bonchev–Trinajstić information content (AvgIpc) is 3.00. The number of rotatable bonds is 4. The van der Waals surface area contributed by atoms with Crippen LogP contribution in [0, 0.1) is 11.6 Å². The molecule has 9 heteroatoms. The molecule has 1 aliphatic rings. The molecule has 1 atom stereocenters. The summed E-state index contributed by atoms with van der Waals surface area (Å²) in [4.78, 5) is 4.43. The Morgan fingerprint density at radius 1 is 1.38 bits per heavy atom. The first kappa shape index (κ1) is 17.9. The van der Waals surface area contributed by atoms with Crippen molar-refractivity contribution in [2.75, 3.05) is 12.4 Å². The number of hydrogen-bond donors (Lipinski definition) is 3. The molecule has 7 nitrogen and oxygen atoms in total. The zero-order chi connectivity index (χ0) is 18.9. The second-order valence-corrected chi connectivity index (χ2v) is 6.10. The third-order valence-corrected chi connectivity index (χ3v) is 4.20. The number of nitrogens with two attached hydrogens (primary N) is 1. The first-order chi connectivity index (χ1) is 12.3. The van der Waals surface area contributed by atoms with E-state index in [-0.39, 0.29) is 17.7 Å². The molecule has 0 spiro atoms. The van der Waals surface area contributed by atoms with E-state index < -0.39 is 17.3 Å². The van der Waals surface area contributed by atoms with Crippen LogP contribution in [-0.4, -0.2) is 28.5 Å². The van der Waals surface area contributed by atoms with Crippen molar-refractivity contribution in [1.82, 2.24) is 15.1 Å². The van der Waals surface area contributed by atoms with Gasteiger partial charge in [0, 0.05) is 31.4 Å². The lowest BCUT2D eigenvalue weighted by Crippen LogP contribution is -2.48. The Morgan fingerprint density at radius 2 is 2.15 bits per heavy atom. The van der Waals surface area contributed by atoms with Gasteiger partial charge >= 0.3 is 0 Å². The molecule has 0 amide bonds. The smallest absolute Gasteiger partial charge is 0.202 e. The monoisotopic (exact) mass is 362 g/mol. The summed E-state index contributed by atoms with van der Waals surface area (Å²) >= 11 is 0. The topological polar surface area (TPSA) is 89.5 Å². The van der Waals surface area contributed by atoms with Gasteiger partial charge in [0.2, 0.25) is 5.96 Å². The molecule has 1 unspecified atom stereocenters. The molecular weight excluding hydrogens is 342 g/mol. The van der Waals surface area contributed by atoms with Crippen LogP contribution in [0.15, 0.2) is 41.3 Å². The normalized spacial score (nSPS) is 19.5. The van der Waals surface area contributed by atoms with E-state index in [0.717, 1.165) is 6.07 Å². The first-order valence-corrected chi connectivity index (χ1v) is 7.91. The predicted molar refractivity (Wildman–Crippen MR) is 94.7 cm³/mol. The van der Waals surface area contributed by atoms with Crippen LogP contribution in [0.25, 0.3) is 0 Å². The summed E-state index contributed by atoms with van der Waals surface area (Å²) < 4.78 is 35.3. The molecule has 2 heterocycles. The maximum absolute atomic E-state index is 14.5. The molecule has 0 fully saturated rings. The zero-order valence-corrected chi connectivity index (χ0v) is 14.7. The Kier molecular flexibility index (Phi) is 4.64. The molecule has 1 aromatic carbocycles. The molecule has 3 rings (SSSR count). The van der Waals surface area contributed by atoms with Crippen molar-refractivity contribution in [1.29, 1.82) is 0 Å². The number of nitrogens with one attached hydrogen (secondary N) is 2. The average molecular weight is 362 g/mol. The fraction of sp³-hybridized carbons (Fsp3) is 0.294. The fourth-order valence-electron chi connectivity index (χ4n) is 2.65. The Labute approximate surface area is 149 Å². The number of aliphatic imine (C=N–C) groups is 1. The van der Waals surface area contributed by atoms with E-state index in [4.69, 9.17) is 10.5 Å². The Balaban J connectivity index is 1.91. The number of halogens is 2. The third-order valence-electron chi connectivity index (χ3n) is 4.20. The van der Waals surface area contributed by atoms with Crippen LogP contribution in [0.5, 0.6) is 5.75 Å².